The lowest BCUT2D eigenvalue weighted by Gasteiger charge is -2.35. The molecule has 1 amide bonds. The van der Waals surface area contributed by atoms with Crippen LogP contribution in [0.4, 0.5) is 0 Å². The van der Waals surface area contributed by atoms with E-state index in [1.165, 1.54) is 25.5 Å². The van der Waals surface area contributed by atoms with Crippen LogP contribution in [-0.4, -0.2) is 30.6 Å². The molecule has 0 bridgehead atoms. The van der Waals surface area contributed by atoms with Crippen LogP contribution in [0.15, 0.2) is 18.3 Å². The van der Waals surface area contributed by atoms with Gasteiger partial charge >= 0.3 is 0 Å². The number of carbonyl (C=O) groups excluding carboxylic acids is 1. The second-order valence-electron chi connectivity index (χ2n) is 5.95. The third kappa shape index (κ3) is 7.43. The van der Waals surface area contributed by atoms with Crippen molar-refractivity contribution < 1.29 is 9.53 Å². The molecule has 3 N–H and O–H groups in total. The summed E-state index contributed by atoms with van der Waals surface area (Å²) in [5.74, 6) is 0.560. The van der Waals surface area contributed by atoms with Gasteiger partial charge in [0.15, 0.2) is 0 Å². The normalized spacial score (nSPS) is 15.6. The Labute approximate surface area is 160 Å². The average Bonchev–Trinajstić information content (AvgIpc) is 2.54. The van der Waals surface area contributed by atoms with E-state index in [4.69, 9.17) is 22.1 Å². The highest BCUT2D eigenvalue weighted by Gasteiger charge is 2.32. The van der Waals surface area contributed by atoms with Crippen LogP contribution in [0.3, 0.4) is 0 Å². The van der Waals surface area contributed by atoms with Crippen LogP contribution in [0.5, 0.6) is 5.88 Å². The summed E-state index contributed by atoms with van der Waals surface area (Å²) in [6.07, 6.45) is 7.77. The van der Waals surface area contributed by atoms with Gasteiger partial charge in [-0.1, -0.05) is 30.9 Å². The molecular weight excluding hydrogens is 373 g/mol. The van der Waals surface area contributed by atoms with E-state index in [1.54, 1.807) is 12.1 Å². The average molecular weight is 399 g/mol. The van der Waals surface area contributed by atoms with Crippen molar-refractivity contribution in [2.75, 3.05) is 19.7 Å². The van der Waals surface area contributed by atoms with Gasteiger partial charge in [0.05, 0.1) is 11.6 Å². The molecule has 1 aromatic rings. The third-order valence-corrected chi connectivity index (χ3v) is 4.48. The Morgan fingerprint density at radius 3 is 2.58 bits per heavy atom. The number of amides is 1. The zero-order chi connectivity index (χ0) is 15.8. The maximum Gasteiger partial charge on any atom is 0.220 e. The van der Waals surface area contributed by atoms with E-state index in [0.29, 0.717) is 37.0 Å². The molecule has 0 aliphatic heterocycles. The van der Waals surface area contributed by atoms with E-state index in [-0.39, 0.29) is 36.1 Å². The molecule has 1 aromatic heterocycles. The number of halogens is 3. The lowest BCUT2D eigenvalue weighted by atomic mass is 9.72. The number of nitrogens with zero attached hydrogens (tertiary/aromatic N) is 1. The number of ether oxygens (including phenoxy) is 1. The molecule has 1 fully saturated rings. The summed E-state index contributed by atoms with van der Waals surface area (Å²) in [7, 11) is 0. The lowest BCUT2D eigenvalue weighted by molar-refractivity contribution is -0.124. The Kier molecular flexibility index (Phi) is 11.4. The highest BCUT2D eigenvalue weighted by molar-refractivity contribution is 6.30. The SMILES string of the molecule is Cl.Cl.NCC1(CC(=O)NCCOc2ccc(Cl)cn2)CCCCC1. The Bertz CT molecular complexity index is 480. The van der Waals surface area contributed by atoms with Crippen LogP contribution >= 0.6 is 36.4 Å². The van der Waals surface area contributed by atoms with E-state index in [0.717, 1.165) is 12.8 Å². The molecule has 0 atom stereocenters. The molecule has 1 heterocycles. The Balaban J connectivity index is 0.00000264. The van der Waals surface area contributed by atoms with Gasteiger partial charge in [0.2, 0.25) is 11.8 Å². The second kappa shape index (κ2) is 11.7. The second-order valence-corrected chi connectivity index (χ2v) is 6.39. The van der Waals surface area contributed by atoms with E-state index in [9.17, 15) is 4.79 Å². The van der Waals surface area contributed by atoms with Gasteiger partial charge in [-0.3, -0.25) is 4.79 Å². The van der Waals surface area contributed by atoms with Gasteiger partial charge in [-0.25, -0.2) is 4.98 Å². The summed E-state index contributed by atoms with van der Waals surface area (Å²) in [5.41, 5.74) is 5.91. The van der Waals surface area contributed by atoms with Gasteiger partial charge < -0.3 is 15.8 Å². The van der Waals surface area contributed by atoms with Crippen LogP contribution in [0.25, 0.3) is 0 Å². The van der Waals surface area contributed by atoms with Crippen LogP contribution in [0.2, 0.25) is 5.02 Å². The van der Waals surface area contributed by atoms with Gasteiger partial charge in [0, 0.05) is 18.7 Å². The number of carbonyl (C=O) groups is 1. The Morgan fingerprint density at radius 1 is 1.29 bits per heavy atom. The van der Waals surface area contributed by atoms with Crippen molar-refractivity contribution in [1.29, 1.82) is 0 Å². The minimum Gasteiger partial charge on any atom is -0.476 e. The zero-order valence-corrected chi connectivity index (χ0v) is 16.0. The van der Waals surface area contributed by atoms with Crippen molar-refractivity contribution in [3.63, 3.8) is 0 Å². The van der Waals surface area contributed by atoms with Gasteiger partial charge in [-0.15, -0.1) is 24.8 Å². The highest BCUT2D eigenvalue weighted by atomic mass is 35.5. The van der Waals surface area contributed by atoms with Crippen molar-refractivity contribution in [2.45, 2.75) is 38.5 Å². The first-order valence-electron chi connectivity index (χ1n) is 7.85. The topological polar surface area (TPSA) is 77.2 Å². The summed E-state index contributed by atoms with van der Waals surface area (Å²) < 4.78 is 5.44. The molecule has 0 saturated heterocycles. The smallest absolute Gasteiger partial charge is 0.220 e. The first kappa shape index (κ1) is 23.2. The van der Waals surface area contributed by atoms with Crippen molar-refractivity contribution >= 4 is 42.3 Å². The number of nitrogens with one attached hydrogen (secondary N) is 1. The van der Waals surface area contributed by atoms with Crippen LogP contribution in [0, 0.1) is 5.41 Å². The Morgan fingerprint density at radius 2 is 2.00 bits per heavy atom. The predicted molar refractivity (Wildman–Crippen MR) is 101 cm³/mol. The first-order chi connectivity index (χ1) is 10.6. The summed E-state index contributed by atoms with van der Waals surface area (Å²) in [4.78, 5) is 16.1. The van der Waals surface area contributed by atoms with Crippen molar-refractivity contribution in [1.82, 2.24) is 10.3 Å². The Hall–Kier alpha value is -0.750. The van der Waals surface area contributed by atoms with Crippen LogP contribution in [-0.2, 0) is 4.79 Å². The lowest BCUT2D eigenvalue weighted by Crippen LogP contribution is -2.39. The predicted octanol–water partition coefficient (Wildman–Crippen LogP) is 3.37. The molecule has 138 valence electrons. The molecule has 24 heavy (non-hydrogen) atoms. The number of pyridine rings is 1. The van der Waals surface area contributed by atoms with Crippen molar-refractivity contribution in [3.8, 4) is 5.88 Å². The molecule has 2 rings (SSSR count). The van der Waals surface area contributed by atoms with Crippen molar-refractivity contribution in [3.05, 3.63) is 23.4 Å². The summed E-state index contributed by atoms with van der Waals surface area (Å²) in [5, 5.41) is 3.47. The van der Waals surface area contributed by atoms with E-state index >= 15 is 0 Å². The number of rotatable bonds is 7. The molecule has 5 nitrogen and oxygen atoms in total. The minimum absolute atomic E-state index is 0. The number of aromatic nitrogens is 1. The van der Waals surface area contributed by atoms with Gasteiger partial charge in [0.25, 0.3) is 0 Å². The highest BCUT2D eigenvalue weighted by Crippen LogP contribution is 2.38. The molecule has 0 radical (unpaired) electrons. The maximum atomic E-state index is 12.1. The monoisotopic (exact) mass is 397 g/mol. The first-order valence-corrected chi connectivity index (χ1v) is 8.22. The molecule has 1 aliphatic carbocycles. The molecule has 0 aromatic carbocycles. The number of nitrogens with two attached hydrogens (primary N) is 1. The van der Waals surface area contributed by atoms with E-state index in [2.05, 4.69) is 10.3 Å². The standard InChI is InChI=1S/C16H24ClN3O2.2ClH/c17-13-4-5-15(20-11-13)22-9-8-19-14(21)10-16(12-18)6-2-1-3-7-16;;/h4-5,11H,1-3,6-10,12,18H2,(H,19,21);2*1H. The summed E-state index contributed by atoms with van der Waals surface area (Å²) in [6.45, 7) is 1.44. The summed E-state index contributed by atoms with van der Waals surface area (Å²) >= 11 is 5.75. The van der Waals surface area contributed by atoms with E-state index in [1.807, 2.05) is 0 Å². The molecule has 1 aliphatic rings. The molecule has 0 spiro atoms. The third-order valence-electron chi connectivity index (χ3n) is 4.26. The van der Waals surface area contributed by atoms with Crippen molar-refractivity contribution in [2.24, 2.45) is 11.1 Å². The zero-order valence-electron chi connectivity index (χ0n) is 13.6. The fourth-order valence-electron chi connectivity index (χ4n) is 2.95. The largest absolute Gasteiger partial charge is 0.476 e. The fourth-order valence-corrected chi connectivity index (χ4v) is 3.06. The maximum absolute atomic E-state index is 12.1. The number of hydrogen-bond donors (Lipinski definition) is 2. The molecule has 0 unspecified atom stereocenters. The number of hydrogen-bond acceptors (Lipinski definition) is 4. The van der Waals surface area contributed by atoms with Gasteiger partial charge in [-0.2, -0.15) is 0 Å². The fraction of sp³-hybridized carbons (Fsp3) is 0.625. The summed E-state index contributed by atoms with van der Waals surface area (Å²) in [6, 6.07) is 3.42. The van der Waals surface area contributed by atoms with Crippen LogP contribution < -0.4 is 15.8 Å². The quantitative estimate of drug-likeness (QED) is 0.690. The minimum atomic E-state index is 0. The van der Waals surface area contributed by atoms with Gasteiger partial charge in [-0.05, 0) is 30.9 Å². The van der Waals surface area contributed by atoms with Gasteiger partial charge in [0.1, 0.15) is 6.61 Å². The molecule has 8 heteroatoms. The van der Waals surface area contributed by atoms with Crippen LogP contribution in [0.1, 0.15) is 38.5 Å². The molecular formula is C16H26Cl3N3O2. The molecule has 1 saturated carbocycles. The van der Waals surface area contributed by atoms with E-state index < -0.39 is 0 Å².